The van der Waals surface area contributed by atoms with Gasteiger partial charge in [-0.05, 0) is 47.4 Å². The van der Waals surface area contributed by atoms with E-state index in [2.05, 4.69) is 5.32 Å². The summed E-state index contributed by atoms with van der Waals surface area (Å²) in [6.07, 6.45) is -4.83. The highest BCUT2D eigenvalue weighted by molar-refractivity contribution is 5.93. The van der Waals surface area contributed by atoms with Crippen LogP contribution in [0.25, 0.3) is 11.1 Å². The zero-order valence-electron chi connectivity index (χ0n) is 30.8. The standard InChI is InChI=1S/C29H36N4O5/c1-18(2)15-24(27(35)31-16-26(34)30-3)32-28(36)25-13-8-14-33(25)29(37)38-17-23-21-11-6-4-9-19(21)20-10-5-7-12-22(20)23/h4-7,9-12,18,23-25H,8,13-17H2,1-3H3,(H,30,34)(H,31,35)(H,32,36)/i1D3,2D3,15D2,18D,24D. The lowest BCUT2D eigenvalue weighted by Crippen LogP contribution is -2.54. The van der Waals surface area contributed by atoms with Crippen LogP contribution < -0.4 is 16.0 Å². The van der Waals surface area contributed by atoms with Gasteiger partial charge in [-0.2, -0.15) is 0 Å². The van der Waals surface area contributed by atoms with Crippen molar-refractivity contribution in [2.75, 3.05) is 26.7 Å². The summed E-state index contributed by atoms with van der Waals surface area (Å²) in [6, 6.07) is 10.0. The lowest BCUT2D eigenvalue weighted by atomic mass is 9.98. The summed E-state index contributed by atoms with van der Waals surface area (Å²) in [5.74, 6) is -8.35. The van der Waals surface area contributed by atoms with Gasteiger partial charge in [-0.3, -0.25) is 19.3 Å². The predicted molar refractivity (Wildman–Crippen MR) is 143 cm³/mol. The largest absolute Gasteiger partial charge is 0.448 e. The van der Waals surface area contributed by atoms with E-state index in [9.17, 15) is 19.2 Å². The number of likely N-dealkylation sites (N-methyl/N-ethyl adjacent to an activating group) is 1. The fourth-order valence-corrected chi connectivity index (χ4v) is 4.75. The molecule has 1 fully saturated rings. The fourth-order valence-electron chi connectivity index (χ4n) is 4.75. The van der Waals surface area contributed by atoms with Crippen molar-refractivity contribution in [2.45, 2.75) is 50.9 Å². The van der Waals surface area contributed by atoms with Crippen LogP contribution in [-0.2, 0) is 19.1 Å². The molecule has 9 nitrogen and oxygen atoms in total. The van der Waals surface area contributed by atoms with Crippen LogP contribution in [0.3, 0.4) is 0 Å². The number of carbonyl (C=O) groups excluding carboxylic acids is 4. The van der Waals surface area contributed by atoms with Gasteiger partial charge in [0.1, 0.15) is 18.7 Å². The van der Waals surface area contributed by atoms with Gasteiger partial charge in [-0.25, -0.2) is 4.79 Å². The summed E-state index contributed by atoms with van der Waals surface area (Å²) >= 11 is 0. The molecule has 202 valence electrons. The van der Waals surface area contributed by atoms with Crippen molar-refractivity contribution in [1.29, 1.82) is 0 Å². The number of hydrogen-bond donors (Lipinski definition) is 3. The molecule has 2 aliphatic rings. The average molecular weight is 531 g/mol. The molecule has 2 unspecified atom stereocenters. The number of ether oxygens (including phenoxy) is 1. The third-order valence-corrected chi connectivity index (χ3v) is 6.54. The van der Waals surface area contributed by atoms with Gasteiger partial charge in [0.15, 0.2) is 0 Å². The summed E-state index contributed by atoms with van der Waals surface area (Å²) < 4.78 is 86.6. The summed E-state index contributed by atoms with van der Waals surface area (Å²) in [7, 11) is 1.21. The monoisotopic (exact) mass is 530 g/mol. The highest BCUT2D eigenvalue weighted by Gasteiger charge is 2.38. The number of carbonyl (C=O) groups is 4. The van der Waals surface area contributed by atoms with Crippen molar-refractivity contribution in [1.82, 2.24) is 20.9 Å². The fraction of sp³-hybridized carbons (Fsp3) is 0.448. The van der Waals surface area contributed by atoms with E-state index in [0.29, 0.717) is 0 Å². The number of rotatable bonds is 9. The topological polar surface area (TPSA) is 117 Å². The van der Waals surface area contributed by atoms with Gasteiger partial charge in [-0.15, -0.1) is 0 Å². The minimum absolute atomic E-state index is 0.00243. The molecule has 1 aliphatic carbocycles. The molecule has 38 heavy (non-hydrogen) atoms. The van der Waals surface area contributed by atoms with Crippen molar-refractivity contribution < 1.29 is 37.6 Å². The minimum atomic E-state index is -4.15. The Morgan fingerprint density at radius 3 is 2.39 bits per heavy atom. The Morgan fingerprint density at radius 1 is 1.11 bits per heavy atom. The Morgan fingerprint density at radius 2 is 1.76 bits per heavy atom. The maximum Gasteiger partial charge on any atom is 0.410 e. The molecular weight excluding hydrogens is 484 g/mol. The molecule has 0 aromatic heterocycles. The third kappa shape index (κ3) is 5.98. The van der Waals surface area contributed by atoms with E-state index in [4.69, 9.17) is 18.4 Å². The Labute approximate surface area is 237 Å². The van der Waals surface area contributed by atoms with Gasteiger partial charge in [0.2, 0.25) is 17.7 Å². The lowest BCUT2D eigenvalue weighted by molar-refractivity contribution is -0.132. The van der Waals surface area contributed by atoms with Crippen molar-refractivity contribution >= 4 is 23.8 Å². The van der Waals surface area contributed by atoms with Crippen molar-refractivity contribution in [3.63, 3.8) is 0 Å². The molecule has 0 bridgehead atoms. The summed E-state index contributed by atoms with van der Waals surface area (Å²) in [5, 5.41) is 5.88. The number of hydrogen-bond acceptors (Lipinski definition) is 5. The molecule has 2 atom stereocenters. The Kier molecular flexibility index (Phi) is 5.37. The molecule has 9 heteroatoms. The Hall–Kier alpha value is -3.88. The second-order valence-electron chi connectivity index (χ2n) is 8.88. The maximum atomic E-state index is 13.7. The van der Waals surface area contributed by atoms with Crippen LogP contribution in [0.5, 0.6) is 0 Å². The highest BCUT2D eigenvalue weighted by atomic mass is 16.6. The van der Waals surface area contributed by atoms with Crippen LogP contribution in [0.2, 0.25) is 0 Å². The van der Waals surface area contributed by atoms with Gasteiger partial charge in [0, 0.05) is 31.8 Å². The third-order valence-electron chi connectivity index (χ3n) is 6.54. The molecule has 1 aliphatic heterocycles. The Bertz CT molecular complexity index is 1520. The van der Waals surface area contributed by atoms with Gasteiger partial charge in [0.25, 0.3) is 0 Å². The van der Waals surface area contributed by atoms with Gasteiger partial charge >= 0.3 is 6.09 Å². The molecule has 2 aromatic carbocycles. The highest BCUT2D eigenvalue weighted by Crippen LogP contribution is 2.44. The zero-order chi connectivity index (χ0) is 35.9. The zero-order valence-corrected chi connectivity index (χ0v) is 20.8. The minimum Gasteiger partial charge on any atom is -0.448 e. The first-order chi connectivity index (χ1) is 22.2. The molecule has 0 radical (unpaired) electrons. The molecular formula is C29H36N4O5. The summed E-state index contributed by atoms with van der Waals surface area (Å²) in [4.78, 5) is 53.2. The molecule has 0 spiro atoms. The number of nitrogens with one attached hydrogen (secondary N) is 3. The SMILES string of the molecule is [2H]C([2H])([2H])C([2H])(C([2H])([2H])[2H])C([2H])([2H])C([2H])(NC(=O)C1CCCN1C(=O)OCC1c2ccccc2-c2ccccc21)C(=O)NCC(=O)NC. The summed E-state index contributed by atoms with van der Waals surface area (Å²) in [6.45, 7) is -8.84. The van der Waals surface area contributed by atoms with Crippen LogP contribution in [-0.4, -0.2) is 67.5 Å². The molecule has 1 heterocycles. The van der Waals surface area contributed by atoms with Crippen LogP contribution in [0, 0.1) is 5.89 Å². The number of fused-ring (bicyclic) bond motifs is 3. The van der Waals surface area contributed by atoms with Crippen LogP contribution >= 0.6 is 0 Å². The lowest BCUT2D eigenvalue weighted by Gasteiger charge is -2.27. The van der Waals surface area contributed by atoms with Gasteiger partial charge < -0.3 is 20.7 Å². The van der Waals surface area contributed by atoms with E-state index in [-0.39, 0.29) is 31.9 Å². The molecule has 0 saturated carbocycles. The number of benzene rings is 2. The number of likely N-dealkylation sites (tertiary alicyclic amines) is 1. The molecule has 4 amide bonds. The van der Waals surface area contributed by atoms with Crippen molar-refractivity contribution in [3.8, 4) is 11.1 Å². The normalized spacial score (nSPS) is 23.0. The first-order valence-corrected chi connectivity index (χ1v) is 12.2. The van der Waals surface area contributed by atoms with E-state index in [1.165, 1.54) is 7.05 Å². The van der Waals surface area contributed by atoms with Gasteiger partial charge in [-0.1, -0.05) is 62.2 Å². The van der Waals surface area contributed by atoms with E-state index < -0.39 is 68.4 Å². The van der Waals surface area contributed by atoms with E-state index in [1.807, 2.05) is 59.2 Å². The van der Waals surface area contributed by atoms with Crippen LogP contribution in [0.4, 0.5) is 4.79 Å². The maximum absolute atomic E-state index is 13.7. The van der Waals surface area contributed by atoms with E-state index >= 15 is 0 Å². The van der Waals surface area contributed by atoms with Gasteiger partial charge in [0.05, 0.1) is 7.92 Å². The molecule has 3 N–H and O–H groups in total. The summed E-state index contributed by atoms with van der Waals surface area (Å²) in [5.41, 5.74) is 3.85. The van der Waals surface area contributed by atoms with Crippen LogP contribution in [0.15, 0.2) is 48.5 Å². The molecule has 2 aromatic rings. The smallest absolute Gasteiger partial charge is 0.410 e. The first-order valence-electron chi connectivity index (χ1n) is 17.2. The van der Waals surface area contributed by atoms with Crippen molar-refractivity contribution in [2.24, 2.45) is 5.89 Å². The quantitative estimate of drug-likeness (QED) is 0.461. The van der Waals surface area contributed by atoms with E-state index in [0.717, 1.165) is 27.2 Å². The molecule has 1 saturated heterocycles. The van der Waals surface area contributed by atoms with Crippen molar-refractivity contribution in [3.05, 3.63) is 59.7 Å². The number of nitrogens with zero attached hydrogens (tertiary/aromatic N) is 1. The molecule has 4 rings (SSSR count). The van der Waals surface area contributed by atoms with E-state index in [1.54, 1.807) is 0 Å². The Balaban J connectivity index is 1.61. The van der Waals surface area contributed by atoms with Crippen LogP contribution in [0.1, 0.15) is 63.7 Å². The second-order valence-corrected chi connectivity index (χ2v) is 8.88. The average Bonchev–Trinajstić information content (AvgIpc) is 3.64. The predicted octanol–water partition coefficient (Wildman–Crippen LogP) is 2.79. The number of amides is 4. The second kappa shape index (κ2) is 12.1. The first kappa shape index (κ1) is 16.9.